The van der Waals surface area contributed by atoms with Crippen molar-refractivity contribution in [2.75, 3.05) is 12.9 Å². The Bertz CT molecular complexity index is 855. The van der Waals surface area contributed by atoms with Gasteiger partial charge in [0.25, 0.3) is 10.1 Å². The second-order valence-corrected chi connectivity index (χ2v) is 7.73. The van der Waals surface area contributed by atoms with Crippen LogP contribution in [0.2, 0.25) is 0 Å². The molecule has 0 aromatic heterocycles. The van der Waals surface area contributed by atoms with Crippen LogP contribution in [-0.2, 0) is 37.0 Å². The van der Waals surface area contributed by atoms with E-state index >= 15 is 0 Å². The van der Waals surface area contributed by atoms with E-state index in [1.165, 1.54) is 0 Å². The van der Waals surface area contributed by atoms with E-state index in [1.54, 1.807) is 30.3 Å². The van der Waals surface area contributed by atoms with Crippen molar-refractivity contribution in [2.24, 2.45) is 0 Å². The van der Waals surface area contributed by atoms with E-state index in [1.807, 2.05) is 36.4 Å². The van der Waals surface area contributed by atoms with Gasteiger partial charge < -0.3 is 9.47 Å². The van der Waals surface area contributed by atoms with Crippen LogP contribution in [0.25, 0.3) is 0 Å². The van der Waals surface area contributed by atoms with Crippen molar-refractivity contribution in [2.45, 2.75) is 31.6 Å². The van der Waals surface area contributed by atoms with Gasteiger partial charge in [-0.3, -0.25) is 4.18 Å². The predicted molar refractivity (Wildman–Crippen MR) is 101 cm³/mol. The maximum atomic E-state index is 14.9. The number of rotatable bonds is 11. The maximum Gasteiger partial charge on any atom is 0.264 e. The van der Waals surface area contributed by atoms with Crippen LogP contribution in [0.3, 0.4) is 0 Å². The highest BCUT2D eigenvalue weighted by atomic mass is 32.2. The molecular weight excluding hydrogens is 385 g/mol. The lowest BCUT2D eigenvalue weighted by atomic mass is 10.1. The van der Waals surface area contributed by atoms with E-state index < -0.39 is 28.5 Å². The molecule has 0 unspecified atom stereocenters. The average Bonchev–Trinajstić information content (AvgIpc) is 2.68. The van der Waals surface area contributed by atoms with Gasteiger partial charge in [0.2, 0.25) is 0 Å². The molecule has 0 aliphatic carbocycles. The number of ether oxygens (including phenoxy) is 2. The second-order valence-electron chi connectivity index (χ2n) is 6.13. The molecule has 0 fully saturated rings. The van der Waals surface area contributed by atoms with Crippen LogP contribution in [0, 0.1) is 11.3 Å². The molecule has 3 atom stereocenters. The van der Waals surface area contributed by atoms with Gasteiger partial charge in [0.05, 0.1) is 32.1 Å². The lowest BCUT2D eigenvalue weighted by molar-refractivity contribution is -0.0527. The molecule has 0 N–H and O–H groups in total. The Morgan fingerprint density at radius 1 is 1.00 bits per heavy atom. The third-order valence-corrected chi connectivity index (χ3v) is 4.33. The minimum absolute atomic E-state index is 0.00988. The normalized spacial score (nSPS) is 14.8. The first-order valence-corrected chi connectivity index (χ1v) is 10.4. The molecule has 150 valence electrons. The van der Waals surface area contributed by atoms with Gasteiger partial charge in [-0.15, -0.1) is 0 Å². The first-order valence-electron chi connectivity index (χ1n) is 8.58. The fraction of sp³-hybridized carbons (Fsp3) is 0.350. The summed E-state index contributed by atoms with van der Waals surface area (Å²) in [6, 6.07) is 19.8. The van der Waals surface area contributed by atoms with E-state index in [2.05, 4.69) is 0 Å². The average molecular weight is 407 g/mol. The van der Waals surface area contributed by atoms with E-state index in [9.17, 15) is 18.1 Å². The Morgan fingerprint density at radius 2 is 1.54 bits per heavy atom. The Morgan fingerprint density at radius 3 is 2.04 bits per heavy atom. The third-order valence-electron chi connectivity index (χ3n) is 3.74. The van der Waals surface area contributed by atoms with E-state index in [-0.39, 0.29) is 19.8 Å². The molecular formula is C20H22FNO5S. The van der Waals surface area contributed by atoms with Gasteiger partial charge in [-0.05, 0) is 11.1 Å². The molecule has 0 radical (unpaired) electrons. The number of nitrogens with zero attached hydrogens (tertiary/aromatic N) is 1. The number of benzene rings is 2. The first kappa shape index (κ1) is 22.0. The zero-order chi connectivity index (χ0) is 20.4. The van der Waals surface area contributed by atoms with Gasteiger partial charge in [-0.2, -0.15) is 13.7 Å². The summed E-state index contributed by atoms with van der Waals surface area (Å²) in [4.78, 5) is 0. The minimum Gasteiger partial charge on any atom is -0.374 e. The second kappa shape index (κ2) is 10.9. The molecule has 2 rings (SSSR count). The predicted octanol–water partition coefficient (Wildman–Crippen LogP) is 3.00. The fourth-order valence-corrected chi connectivity index (χ4v) is 3.03. The molecule has 2 aromatic rings. The molecule has 0 spiro atoms. The monoisotopic (exact) mass is 407 g/mol. The van der Waals surface area contributed by atoms with Crippen LogP contribution in [0.1, 0.15) is 11.1 Å². The van der Waals surface area contributed by atoms with Crippen LogP contribution in [-0.4, -0.2) is 39.7 Å². The Hall–Kier alpha value is -2.31. The molecule has 0 amide bonds. The molecule has 0 saturated carbocycles. The molecule has 0 aliphatic heterocycles. The standard InChI is InChI=1S/C20H22FNO5S/c1-28(23,24)27-19(15-25-13-16-8-4-2-5-9-16)20(21)18(12-22)26-14-17-10-6-3-7-11-17/h2-11,18-20H,13-15H2,1H3/t18-,19+,20+/m0/s1. The number of halogens is 1. The van der Waals surface area contributed by atoms with Crippen molar-refractivity contribution < 1.29 is 26.5 Å². The van der Waals surface area contributed by atoms with Crippen molar-refractivity contribution in [3.05, 3.63) is 71.8 Å². The summed E-state index contributed by atoms with van der Waals surface area (Å²) in [6.45, 7) is -0.189. The number of hydrogen-bond donors (Lipinski definition) is 0. The lowest BCUT2D eigenvalue weighted by Gasteiger charge is -2.23. The van der Waals surface area contributed by atoms with E-state index in [0.717, 1.165) is 17.4 Å². The topological polar surface area (TPSA) is 85.6 Å². The van der Waals surface area contributed by atoms with Gasteiger partial charge >= 0.3 is 0 Å². The summed E-state index contributed by atoms with van der Waals surface area (Å²) >= 11 is 0. The van der Waals surface area contributed by atoms with E-state index in [0.29, 0.717) is 0 Å². The Kier molecular flexibility index (Phi) is 8.54. The molecule has 0 heterocycles. The molecule has 8 heteroatoms. The largest absolute Gasteiger partial charge is 0.374 e. The molecule has 28 heavy (non-hydrogen) atoms. The first-order chi connectivity index (χ1) is 13.4. The minimum atomic E-state index is -3.96. The summed E-state index contributed by atoms with van der Waals surface area (Å²) < 4.78 is 53.4. The van der Waals surface area contributed by atoms with Crippen molar-refractivity contribution in [3.63, 3.8) is 0 Å². The van der Waals surface area contributed by atoms with Gasteiger partial charge in [0.1, 0.15) is 6.10 Å². The number of hydrogen-bond acceptors (Lipinski definition) is 6. The summed E-state index contributed by atoms with van der Waals surface area (Å²) in [7, 11) is -3.96. The van der Waals surface area contributed by atoms with Crippen LogP contribution in [0.15, 0.2) is 60.7 Å². The highest BCUT2D eigenvalue weighted by molar-refractivity contribution is 7.86. The number of nitriles is 1. The van der Waals surface area contributed by atoms with Crippen LogP contribution in [0.5, 0.6) is 0 Å². The van der Waals surface area contributed by atoms with E-state index in [4.69, 9.17) is 13.7 Å². The van der Waals surface area contributed by atoms with Crippen LogP contribution in [0.4, 0.5) is 4.39 Å². The molecule has 0 bridgehead atoms. The van der Waals surface area contributed by atoms with Crippen molar-refractivity contribution in [3.8, 4) is 6.07 Å². The summed E-state index contributed by atoms with van der Waals surface area (Å²) in [5.74, 6) is 0. The quantitative estimate of drug-likeness (QED) is 0.533. The SMILES string of the molecule is CS(=O)(=O)O[C@H](COCc1ccccc1)[C@H](F)[C@H](C#N)OCc1ccccc1. The van der Waals surface area contributed by atoms with Crippen molar-refractivity contribution >= 4 is 10.1 Å². The summed E-state index contributed by atoms with van der Waals surface area (Å²) in [5.41, 5.74) is 1.60. The highest BCUT2D eigenvalue weighted by Crippen LogP contribution is 2.17. The van der Waals surface area contributed by atoms with Gasteiger partial charge in [0.15, 0.2) is 12.3 Å². The number of alkyl halides is 1. The molecule has 0 aliphatic rings. The van der Waals surface area contributed by atoms with Crippen LogP contribution >= 0.6 is 0 Å². The van der Waals surface area contributed by atoms with Gasteiger partial charge in [0, 0.05) is 0 Å². The molecule has 0 saturated heterocycles. The lowest BCUT2D eigenvalue weighted by Crippen LogP contribution is -2.40. The Balaban J connectivity index is 1.99. The zero-order valence-electron chi connectivity index (χ0n) is 15.4. The third kappa shape index (κ3) is 7.74. The Labute approximate surface area is 164 Å². The van der Waals surface area contributed by atoms with Crippen molar-refractivity contribution in [1.82, 2.24) is 0 Å². The smallest absolute Gasteiger partial charge is 0.264 e. The molecule has 2 aromatic carbocycles. The zero-order valence-corrected chi connectivity index (χ0v) is 16.2. The van der Waals surface area contributed by atoms with Crippen molar-refractivity contribution in [1.29, 1.82) is 5.26 Å². The molecule has 6 nitrogen and oxygen atoms in total. The summed E-state index contributed by atoms with van der Waals surface area (Å²) in [5, 5.41) is 9.26. The van der Waals surface area contributed by atoms with Gasteiger partial charge in [-0.25, -0.2) is 4.39 Å². The highest BCUT2D eigenvalue weighted by Gasteiger charge is 2.34. The summed E-state index contributed by atoms with van der Waals surface area (Å²) in [6.07, 6.45) is -4.21. The maximum absolute atomic E-state index is 14.9. The fourth-order valence-electron chi connectivity index (χ4n) is 2.42. The van der Waals surface area contributed by atoms with Gasteiger partial charge in [-0.1, -0.05) is 60.7 Å². The van der Waals surface area contributed by atoms with Crippen LogP contribution < -0.4 is 0 Å².